The Labute approximate surface area is 205 Å². The molecule has 1 rings (SSSR count). The number of rotatable bonds is 13. The molecule has 0 aliphatic rings. The molecule has 8 nitrogen and oxygen atoms in total. The van der Waals surface area contributed by atoms with Gasteiger partial charge >= 0.3 is 5.97 Å². The highest BCUT2D eigenvalue weighted by Crippen LogP contribution is 2.37. The summed E-state index contributed by atoms with van der Waals surface area (Å²) in [6.07, 6.45) is -3.54. The van der Waals surface area contributed by atoms with Crippen molar-refractivity contribution in [3.8, 4) is 11.5 Å². The van der Waals surface area contributed by atoms with Crippen molar-refractivity contribution in [2.45, 2.75) is 77.7 Å². The van der Waals surface area contributed by atoms with Gasteiger partial charge in [0, 0.05) is 18.4 Å². The second kappa shape index (κ2) is 12.9. The predicted octanol–water partition coefficient (Wildman–Crippen LogP) is 3.78. The van der Waals surface area contributed by atoms with Crippen LogP contribution in [0.1, 0.15) is 40.2 Å². The lowest BCUT2D eigenvalue weighted by atomic mass is 9.87. The molecule has 34 heavy (non-hydrogen) atoms. The largest absolute Gasteiger partial charge is 0.493 e. The van der Waals surface area contributed by atoms with E-state index in [2.05, 4.69) is 38.6 Å². The minimum atomic E-state index is -2.00. The van der Waals surface area contributed by atoms with Gasteiger partial charge < -0.3 is 33.6 Å². The molecule has 5 atom stereocenters. The Kier molecular flexibility index (Phi) is 11.5. The maximum absolute atomic E-state index is 11.8. The number of methoxy groups -OCH3 is 3. The summed E-state index contributed by atoms with van der Waals surface area (Å²) >= 11 is 0. The third-order valence-corrected chi connectivity index (χ3v) is 11.3. The number of aliphatic hydroxyl groups is 2. The van der Waals surface area contributed by atoms with Crippen LogP contribution < -0.4 is 9.47 Å². The van der Waals surface area contributed by atoms with Crippen molar-refractivity contribution < 1.29 is 38.4 Å². The van der Waals surface area contributed by atoms with Crippen LogP contribution in [0.5, 0.6) is 11.5 Å². The molecule has 0 radical (unpaired) electrons. The van der Waals surface area contributed by atoms with Crippen molar-refractivity contribution in [3.05, 3.63) is 23.8 Å². The van der Waals surface area contributed by atoms with Crippen molar-refractivity contribution in [1.82, 2.24) is 0 Å². The smallest absolute Gasteiger partial charge is 0.337 e. The number of esters is 1. The fraction of sp³-hybridized carbons (Fsp3) is 0.720. The molecule has 0 amide bonds. The lowest BCUT2D eigenvalue weighted by Gasteiger charge is -2.39. The molecule has 0 aliphatic heterocycles. The molecule has 0 aromatic heterocycles. The van der Waals surface area contributed by atoms with Gasteiger partial charge in [-0.1, -0.05) is 40.7 Å². The minimum absolute atomic E-state index is 0.0505. The second-order valence-electron chi connectivity index (χ2n) is 10.3. The molecule has 1 aromatic rings. The van der Waals surface area contributed by atoms with E-state index in [4.69, 9.17) is 18.6 Å². The predicted molar refractivity (Wildman–Crippen MR) is 134 cm³/mol. The molecule has 9 heteroatoms. The molecule has 0 spiro atoms. The average Bonchev–Trinajstić information content (AvgIpc) is 2.80. The number of aliphatic hydroxyl groups excluding tert-OH is 2. The zero-order valence-corrected chi connectivity index (χ0v) is 23.4. The molecule has 0 unspecified atom stereocenters. The zero-order valence-electron chi connectivity index (χ0n) is 22.4. The van der Waals surface area contributed by atoms with Crippen LogP contribution in [0.4, 0.5) is 0 Å². The van der Waals surface area contributed by atoms with E-state index in [1.165, 1.54) is 7.11 Å². The molecule has 0 bridgehead atoms. The summed E-state index contributed by atoms with van der Waals surface area (Å²) in [5.74, 6) is -0.383. The lowest BCUT2D eigenvalue weighted by molar-refractivity contribution is -0.163. The summed E-state index contributed by atoms with van der Waals surface area (Å²) in [4.78, 5) is 11.8. The number of hydrogen-bond acceptors (Lipinski definition) is 8. The van der Waals surface area contributed by atoms with E-state index in [-0.39, 0.29) is 17.6 Å². The summed E-state index contributed by atoms with van der Waals surface area (Å²) in [6.45, 7) is 15.3. The Morgan fingerprint density at radius 3 is 2.12 bits per heavy atom. The summed E-state index contributed by atoms with van der Waals surface area (Å²) in [5.41, 5.74) is 0.857. The molecule has 196 valence electrons. The summed E-state index contributed by atoms with van der Waals surface area (Å²) in [5, 5.41) is 21.0. The molecule has 2 N–H and O–H groups in total. The summed E-state index contributed by atoms with van der Waals surface area (Å²) in [7, 11) is 2.31. The standard InChI is InChI=1S/C25H44O8Si/c1-16(14-33-34(9,10)25(3,4)5)23(17(2)21(26)22(27)24(28)31-8)32-15-18-11-12-19(29-6)20(13-18)30-7/h11-13,16-17,21-23,26-27H,14-15H2,1-10H3/t16-,17+,21+,22-,23+/m1/s1. The molecule has 0 saturated heterocycles. The van der Waals surface area contributed by atoms with Gasteiger partial charge in [-0.2, -0.15) is 0 Å². The van der Waals surface area contributed by atoms with Gasteiger partial charge in [0.1, 0.15) is 0 Å². The first kappa shape index (κ1) is 30.4. The molecular weight excluding hydrogens is 456 g/mol. The molecular formula is C25H44O8Si. The van der Waals surface area contributed by atoms with Crippen LogP contribution in [0.15, 0.2) is 18.2 Å². The minimum Gasteiger partial charge on any atom is -0.493 e. The van der Waals surface area contributed by atoms with Crippen LogP contribution in [0.3, 0.4) is 0 Å². The fourth-order valence-corrected chi connectivity index (χ4v) is 4.50. The van der Waals surface area contributed by atoms with Crippen LogP contribution in [0, 0.1) is 11.8 Å². The maximum Gasteiger partial charge on any atom is 0.337 e. The Morgan fingerprint density at radius 2 is 1.62 bits per heavy atom. The van der Waals surface area contributed by atoms with E-state index < -0.39 is 38.5 Å². The number of hydrogen-bond donors (Lipinski definition) is 2. The van der Waals surface area contributed by atoms with Gasteiger partial charge in [0.2, 0.25) is 0 Å². The number of carbonyl (C=O) groups excluding carboxylic acids is 1. The third kappa shape index (κ3) is 7.95. The van der Waals surface area contributed by atoms with E-state index >= 15 is 0 Å². The van der Waals surface area contributed by atoms with E-state index in [0.717, 1.165) is 5.56 Å². The number of carbonyl (C=O) groups is 1. The third-order valence-electron chi connectivity index (χ3n) is 6.79. The Bertz CT molecular complexity index is 777. The second-order valence-corrected chi connectivity index (χ2v) is 15.1. The van der Waals surface area contributed by atoms with Gasteiger partial charge in [0.15, 0.2) is 25.9 Å². The number of ether oxygens (including phenoxy) is 4. The van der Waals surface area contributed by atoms with Crippen LogP contribution in [-0.4, -0.2) is 70.7 Å². The number of benzene rings is 1. The van der Waals surface area contributed by atoms with E-state index in [0.29, 0.717) is 18.1 Å². The Hall–Kier alpha value is -1.65. The first-order chi connectivity index (χ1) is 15.7. The van der Waals surface area contributed by atoms with Crippen molar-refractivity contribution in [3.63, 3.8) is 0 Å². The van der Waals surface area contributed by atoms with Gasteiger partial charge in [-0.15, -0.1) is 0 Å². The van der Waals surface area contributed by atoms with Gasteiger partial charge in [0.05, 0.1) is 40.1 Å². The van der Waals surface area contributed by atoms with Crippen LogP contribution in [0.25, 0.3) is 0 Å². The average molecular weight is 501 g/mol. The van der Waals surface area contributed by atoms with Gasteiger partial charge in [-0.05, 0) is 35.8 Å². The molecule has 0 fully saturated rings. The van der Waals surface area contributed by atoms with E-state index in [1.54, 1.807) is 27.2 Å². The van der Waals surface area contributed by atoms with Crippen LogP contribution in [-0.2, 0) is 25.3 Å². The van der Waals surface area contributed by atoms with E-state index in [9.17, 15) is 15.0 Å². The first-order valence-corrected chi connectivity index (χ1v) is 14.5. The fourth-order valence-electron chi connectivity index (χ4n) is 3.39. The van der Waals surface area contributed by atoms with E-state index in [1.807, 2.05) is 19.1 Å². The molecule has 0 heterocycles. The van der Waals surface area contributed by atoms with Crippen LogP contribution >= 0.6 is 0 Å². The molecule has 1 aromatic carbocycles. The van der Waals surface area contributed by atoms with Crippen molar-refractivity contribution >= 4 is 14.3 Å². The van der Waals surface area contributed by atoms with Crippen LogP contribution in [0.2, 0.25) is 18.1 Å². The molecule has 0 aliphatic carbocycles. The maximum atomic E-state index is 11.8. The van der Waals surface area contributed by atoms with Crippen molar-refractivity contribution in [2.24, 2.45) is 11.8 Å². The first-order valence-electron chi connectivity index (χ1n) is 11.6. The molecule has 0 saturated carbocycles. The van der Waals surface area contributed by atoms with Gasteiger partial charge in [-0.3, -0.25) is 0 Å². The summed E-state index contributed by atoms with van der Waals surface area (Å²) in [6, 6.07) is 5.51. The van der Waals surface area contributed by atoms with Crippen molar-refractivity contribution in [2.75, 3.05) is 27.9 Å². The zero-order chi connectivity index (χ0) is 26.3. The highest BCUT2D eigenvalue weighted by atomic mass is 28.4. The summed E-state index contributed by atoms with van der Waals surface area (Å²) < 4.78 is 27.9. The quantitative estimate of drug-likeness (QED) is 0.312. The lowest BCUT2D eigenvalue weighted by Crippen LogP contribution is -2.48. The SMILES string of the molecule is COC(=O)[C@H](O)[C@@H](O)[C@H](C)[C@@H](OCc1ccc(OC)c(OC)c1)[C@H](C)CO[Si](C)(C)C(C)(C)C. The Morgan fingerprint density at radius 1 is 1.03 bits per heavy atom. The van der Waals surface area contributed by atoms with Crippen molar-refractivity contribution in [1.29, 1.82) is 0 Å². The van der Waals surface area contributed by atoms with Gasteiger partial charge in [-0.25, -0.2) is 4.79 Å². The topological polar surface area (TPSA) is 104 Å². The van der Waals surface area contributed by atoms with Gasteiger partial charge in [0.25, 0.3) is 0 Å². The highest BCUT2D eigenvalue weighted by Gasteiger charge is 2.40. The monoisotopic (exact) mass is 500 g/mol. The Balaban J connectivity index is 3.10. The normalized spacial score (nSPS) is 16.8. The highest BCUT2D eigenvalue weighted by molar-refractivity contribution is 6.74.